The monoisotopic (exact) mass is 266 g/mol. The summed E-state index contributed by atoms with van der Waals surface area (Å²) in [5.41, 5.74) is 5.41. The van der Waals surface area contributed by atoms with Gasteiger partial charge in [0.25, 0.3) is 0 Å². The molecule has 4 aliphatic rings. The standard InChI is InChI=1S/C14H22N2O3/c15-13(19)16(2-1-12(17)18)14-6-9-3-10(7-14)5-11(4-9)8-14/h9-11H,1-8H2,(H2,15,19)(H,17,18). The van der Waals surface area contributed by atoms with Crippen LogP contribution in [0.4, 0.5) is 4.79 Å². The first kappa shape index (κ1) is 12.8. The van der Waals surface area contributed by atoms with Crippen LogP contribution in [0.3, 0.4) is 0 Å². The van der Waals surface area contributed by atoms with Gasteiger partial charge in [0, 0.05) is 12.1 Å². The maximum atomic E-state index is 11.8. The van der Waals surface area contributed by atoms with Crippen LogP contribution in [0.1, 0.15) is 44.9 Å². The SMILES string of the molecule is NC(=O)N(CCC(=O)O)C12CC3CC(CC(C3)C1)C2. The van der Waals surface area contributed by atoms with E-state index in [1.54, 1.807) is 4.90 Å². The molecule has 4 bridgehead atoms. The topological polar surface area (TPSA) is 83.6 Å². The van der Waals surface area contributed by atoms with Crippen molar-refractivity contribution >= 4 is 12.0 Å². The Kier molecular flexibility index (Phi) is 2.95. The molecule has 0 aromatic carbocycles. The molecule has 0 aromatic rings. The van der Waals surface area contributed by atoms with Gasteiger partial charge in [-0.15, -0.1) is 0 Å². The van der Waals surface area contributed by atoms with Gasteiger partial charge in [0.05, 0.1) is 6.42 Å². The Hall–Kier alpha value is -1.26. The first-order valence-corrected chi connectivity index (χ1v) is 7.27. The minimum absolute atomic E-state index is 0.00924. The van der Waals surface area contributed by atoms with Crippen LogP contribution in [0.2, 0.25) is 0 Å². The number of carbonyl (C=O) groups is 2. The van der Waals surface area contributed by atoms with Crippen LogP contribution in [-0.4, -0.2) is 34.1 Å². The molecule has 4 saturated carbocycles. The van der Waals surface area contributed by atoms with Gasteiger partial charge in [-0.1, -0.05) is 0 Å². The van der Waals surface area contributed by atoms with E-state index in [4.69, 9.17) is 10.8 Å². The molecule has 19 heavy (non-hydrogen) atoms. The second-order valence-electron chi connectivity index (χ2n) is 6.78. The van der Waals surface area contributed by atoms with Gasteiger partial charge >= 0.3 is 12.0 Å². The van der Waals surface area contributed by atoms with Gasteiger partial charge in [0.15, 0.2) is 0 Å². The Morgan fingerprint density at radius 1 is 1.11 bits per heavy atom. The number of urea groups is 1. The molecule has 0 saturated heterocycles. The van der Waals surface area contributed by atoms with Crippen LogP contribution < -0.4 is 5.73 Å². The van der Waals surface area contributed by atoms with E-state index in [0.29, 0.717) is 0 Å². The third kappa shape index (κ3) is 2.19. The number of rotatable bonds is 4. The first-order chi connectivity index (χ1) is 8.98. The Morgan fingerprint density at radius 2 is 1.58 bits per heavy atom. The molecule has 2 amide bonds. The minimum Gasteiger partial charge on any atom is -0.481 e. The Balaban J connectivity index is 1.81. The summed E-state index contributed by atoms with van der Waals surface area (Å²) in [7, 11) is 0. The zero-order chi connectivity index (χ0) is 13.6. The summed E-state index contributed by atoms with van der Waals surface area (Å²) >= 11 is 0. The van der Waals surface area contributed by atoms with Crippen molar-refractivity contribution in [3.8, 4) is 0 Å². The van der Waals surface area contributed by atoms with Crippen molar-refractivity contribution < 1.29 is 14.7 Å². The van der Waals surface area contributed by atoms with Crippen LogP contribution in [-0.2, 0) is 4.79 Å². The zero-order valence-corrected chi connectivity index (χ0v) is 11.2. The van der Waals surface area contributed by atoms with Crippen LogP contribution >= 0.6 is 0 Å². The molecule has 5 nitrogen and oxygen atoms in total. The normalized spacial score (nSPS) is 39.3. The maximum Gasteiger partial charge on any atom is 0.315 e. The van der Waals surface area contributed by atoms with Crippen molar-refractivity contribution in [1.82, 2.24) is 4.90 Å². The number of primary amides is 1. The predicted octanol–water partition coefficient (Wildman–Crippen LogP) is 1.81. The highest BCUT2D eigenvalue weighted by Crippen LogP contribution is 2.57. The Morgan fingerprint density at radius 3 is 1.95 bits per heavy atom. The van der Waals surface area contributed by atoms with Crippen LogP contribution in [0.15, 0.2) is 0 Å². The lowest BCUT2D eigenvalue weighted by Gasteiger charge is -2.60. The molecule has 3 N–H and O–H groups in total. The van der Waals surface area contributed by atoms with E-state index >= 15 is 0 Å². The second-order valence-corrected chi connectivity index (χ2v) is 6.78. The zero-order valence-electron chi connectivity index (χ0n) is 11.2. The average Bonchev–Trinajstić information content (AvgIpc) is 2.25. The van der Waals surface area contributed by atoms with E-state index in [1.165, 1.54) is 19.3 Å². The van der Waals surface area contributed by atoms with Crippen molar-refractivity contribution in [2.75, 3.05) is 6.54 Å². The minimum atomic E-state index is -0.865. The lowest BCUT2D eigenvalue weighted by atomic mass is 9.52. The summed E-state index contributed by atoms with van der Waals surface area (Å²) < 4.78 is 0. The van der Waals surface area contributed by atoms with Crippen molar-refractivity contribution in [2.45, 2.75) is 50.5 Å². The van der Waals surface area contributed by atoms with Gasteiger partial charge in [-0.3, -0.25) is 4.79 Å². The Labute approximate surface area is 113 Å². The number of carbonyl (C=O) groups excluding carboxylic acids is 1. The van der Waals surface area contributed by atoms with Gasteiger partial charge < -0.3 is 15.7 Å². The first-order valence-electron chi connectivity index (χ1n) is 7.27. The van der Waals surface area contributed by atoms with E-state index in [9.17, 15) is 9.59 Å². The van der Waals surface area contributed by atoms with Gasteiger partial charge in [-0.05, 0) is 56.3 Å². The fourth-order valence-electron chi connectivity index (χ4n) is 5.18. The quantitative estimate of drug-likeness (QED) is 0.814. The number of hydrogen-bond donors (Lipinski definition) is 2. The van der Waals surface area contributed by atoms with E-state index in [-0.39, 0.29) is 18.5 Å². The van der Waals surface area contributed by atoms with E-state index < -0.39 is 12.0 Å². The summed E-state index contributed by atoms with van der Waals surface area (Å²) in [6.45, 7) is 0.261. The van der Waals surface area contributed by atoms with Crippen LogP contribution in [0.25, 0.3) is 0 Å². The summed E-state index contributed by atoms with van der Waals surface area (Å²) in [6, 6.07) is -0.441. The smallest absolute Gasteiger partial charge is 0.315 e. The fraction of sp³-hybridized carbons (Fsp3) is 0.857. The number of carboxylic acids is 1. The van der Waals surface area contributed by atoms with E-state index in [0.717, 1.165) is 37.0 Å². The molecular formula is C14H22N2O3. The highest BCUT2D eigenvalue weighted by atomic mass is 16.4. The van der Waals surface area contributed by atoms with Crippen molar-refractivity contribution in [3.05, 3.63) is 0 Å². The van der Waals surface area contributed by atoms with Crippen molar-refractivity contribution in [2.24, 2.45) is 23.5 Å². The number of aliphatic carboxylic acids is 1. The van der Waals surface area contributed by atoms with Crippen LogP contribution in [0.5, 0.6) is 0 Å². The maximum absolute atomic E-state index is 11.8. The van der Waals surface area contributed by atoms with Gasteiger partial charge in [0.1, 0.15) is 0 Å². The summed E-state index contributed by atoms with van der Waals surface area (Å²) in [5.74, 6) is 1.30. The number of amides is 2. The molecule has 4 rings (SSSR count). The molecule has 4 aliphatic carbocycles. The number of carboxylic acid groups (broad SMARTS) is 1. The fourth-order valence-corrected chi connectivity index (χ4v) is 5.18. The summed E-state index contributed by atoms with van der Waals surface area (Å²) in [5, 5.41) is 8.85. The highest BCUT2D eigenvalue weighted by Gasteiger charge is 2.54. The molecule has 106 valence electrons. The van der Waals surface area contributed by atoms with Crippen LogP contribution in [0, 0.1) is 17.8 Å². The summed E-state index contributed by atoms with van der Waals surface area (Å²) in [4.78, 5) is 24.2. The molecular weight excluding hydrogens is 244 g/mol. The number of hydrogen-bond acceptors (Lipinski definition) is 2. The van der Waals surface area contributed by atoms with Crippen molar-refractivity contribution in [3.63, 3.8) is 0 Å². The third-order valence-corrected chi connectivity index (χ3v) is 5.39. The van der Waals surface area contributed by atoms with Crippen molar-refractivity contribution in [1.29, 1.82) is 0 Å². The van der Waals surface area contributed by atoms with Gasteiger partial charge in [-0.25, -0.2) is 4.79 Å². The lowest BCUT2D eigenvalue weighted by Crippen LogP contribution is -2.62. The van der Waals surface area contributed by atoms with E-state index in [1.807, 2.05) is 0 Å². The second kappa shape index (κ2) is 4.39. The predicted molar refractivity (Wildman–Crippen MR) is 69.4 cm³/mol. The molecule has 0 aliphatic heterocycles. The summed E-state index contributed by atoms with van der Waals surface area (Å²) in [6.07, 6.45) is 6.97. The molecule has 0 unspecified atom stereocenters. The largest absolute Gasteiger partial charge is 0.481 e. The third-order valence-electron chi connectivity index (χ3n) is 5.39. The average molecular weight is 266 g/mol. The molecule has 0 spiro atoms. The van der Waals surface area contributed by atoms with Gasteiger partial charge in [0.2, 0.25) is 0 Å². The molecule has 0 heterocycles. The highest BCUT2D eigenvalue weighted by molar-refractivity contribution is 5.74. The van der Waals surface area contributed by atoms with Gasteiger partial charge in [-0.2, -0.15) is 0 Å². The van der Waals surface area contributed by atoms with E-state index in [2.05, 4.69) is 0 Å². The number of nitrogens with zero attached hydrogens (tertiary/aromatic N) is 1. The molecule has 0 atom stereocenters. The molecule has 5 heteroatoms. The molecule has 0 aromatic heterocycles. The molecule has 4 fully saturated rings. The lowest BCUT2D eigenvalue weighted by molar-refractivity contribution is -0.138. The number of nitrogens with two attached hydrogens (primary N) is 1. The Bertz CT molecular complexity index is 372. The molecule has 0 radical (unpaired) electrons.